The van der Waals surface area contributed by atoms with E-state index in [0.717, 1.165) is 28.2 Å². The van der Waals surface area contributed by atoms with Gasteiger partial charge in [-0.1, -0.05) is 34.1 Å². The van der Waals surface area contributed by atoms with Gasteiger partial charge in [-0.25, -0.2) is 0 Å². The third kappa shape index (κ3) is 5.08. The van der Waals surface area contributed by atoms with E-state index in [4.69, 9.17) is 9.47 Å². The van der Waals surface area contributed by atoms with Crippen molar-refractivity contribution in [1.29, 1.82) is 5.26 Å². The van der Waals surface area contributed by atoms with Crippen LogP contribution in [-0.4, -0.2) is 17.0 Å². The summed E-state index contributed by atoms with van der Waals surface area (Å²) < 4.78 is 11.9. The van der Waals surface area contributed by atoms with Crippen molar-refractivity contribution in [1.82, 2.24) is 0 Å². The molecule has 0 aliphatic rings. The lowest BCUT2D eigenvalue weighted by Gasteiger charge is -2.11. The fourth-order valence-electron chi connectivity index (χ4n) is 2.80. The summed E-state index contributed by atoms with van der Waals surface area (Å²) in [6.45, 7) is 0. The number of nitro groups is 2. The lowest BCUT2D eigenvalue weighted by molar-refractivity contribution is -0.394. The van der Waals surface area contributed by atoms with Crippen LogP contribution in [0, 0.1) is 31.6 Å². The van der Waals surface area contributed by atoms with E-state index in [-0.39, 0.29) is 17.2 Å². The molecule has 0 bridgehead atoms. The molecule has 0 saturated heterocycles. The van der Waals surface area contributed by atoms with Gasteiger partial charge in [-0.2, -0.15) is 5.26 Å². The Hall–Kier alpha value is -4.23. The number of nitro benzene ring substituents is 2. The van der Waals surface area contributed by atoms with Gasteiger partial charge in [0.2, 0.25) is 5.75 Å². The number of benzene rings is 3. The number of halogens is 1. The first-order chi connectivity index (χ1) is 15.3. The molecule has 10 heteroatoms. The average Bonchev–Trinajstić information content (AvgIpc) is 2.78. The van der Waals surface area contributed by atoms with Gasteiger partial charge in [0, 0.05) is 10.5 Å². The Balaban J connectivity index is 1.96. The number of non-ortho nitro benzene ring substituents is 1. The Bertz CT molecular complexity index is 1270. The second kappa shape index (κ2) is 9.72. The van der Waals surface area contributed by atoms with Gasteiger partial charge in [-0.3, -0.25) is 20.2 Å². The lowest BCUT2D eigenvalue weighted by Crippen LogP contribution is -1.97. The first kappa shape index (κ1) is 22.5. The highest BCUT2D eigenvalue weighted by Crippen LogP contribution is 2.38. The molecule has 0 saturated carbocycles. The van der Waals surface area contributed by atoms with Gasteiger partial charge >= 0.3 is 5.69 Å². The van der Waals surface area contributed by atoms with Gasteiger partial charge in [0.1, 0.15) is 0 Å². The van der Waals surface area contributed by atoms with E-state index in [1.54, 1.807) is 18.2 Å². The normalized spacial score (nSPS) is 10.8. The van der Waals surface area contributed by atoms with Crippen molar-refractivity contribution in [3.63, 3.8) is 0 Å². The van der Waals surface area contributed by atoms with Gasteiger partial charge in [0.25, 0.3) is 5.69 Å². The molecule has 0 heterocycles. The molecule has 9 nitrogen and oxygen atoms in total. The molecule has 0 amide bonds. The van der Waals surface area contributed by atoms with Crippen LogP contribution in [0.1, 0.15) is 11.1 Å². The molecule has 160 valence electrons. The maximum Gasteiger partial charge on any atom is 0.318 e. The van der Waals surface area contributed by atoms with Crippen LogP contribution in [0.25, 0.3) is 11.6 Å². The van der Waals surface area contributed by atoms with Crippen molar-refractivity contribution in [2.75, 3.05) is 7.11 Å². The highest BCUT2D eigenvalue weighted by molar-refractivity contribution is 9.10. The summed E-state index contributed by atoms with van der Waals surface area (Å²) in [5.41, 5.74) is 0.836. The first-order valence-corrected chi connectivity index (χ1v) is 9.78. The Morgan fingerprint density at radius 1 is 0.969 bits per heavy atom. The minimum Gasteiger partial charge on any atom is -0.493 e. The zero-order valence-corrected chi connectivity index (χ0v) is 18.1. The topological polar surface area (TPSA) is 129 Å². The third-order valence-corrected chi connectivity index (χ3v) is 4.87. The molecule has 0 radical (unpaired) electrons. The first-order valence-electron chi connectivity index (χ1n) is 8.99. The van der Waals surface area contributed by atoms with E-state index in [1.165, 1.54) is 13.2 Å². The van der Waals surface area contributed by atoms with E-state index >= 15 is 0 Å². The highest BCUT2D eigenvalue weighted by atomic mass is 79.9. The maximum atomic E-state index is 11.3. The van der Waals surface area contributed by atoms with Crippen LogP contribution in [-0.2, 0) is 0 Å². The zero-order valence-electron chi connectivity index (χ0n) is 16.5. The van der Waals surface area contributed by atoms with E-state index in [0.29, 0.717) is 11.1 Å². The molecular weight excluding hydrogens is 482 g/mol. The van der Waals surface area contributed by atoms with E-state index in [2.05, 4.69) is 22.0 Å². The summed E-state index contributed by atoms with van der Waals surface area (Å²) in [5, 5.41) is 31.8. The number of rotatable bonds is 7. The van der Waals surface area contributed by atoms with Crippen LogP contribution in [0.5, 0.6) is 17.2 Å². The van der Waals surface area contributed by atoms with E-state index in [9.17, 15) is 25.5 Å². The zero-order chi connectivity index (χ0) is 23.3. The number of nitrogens with zero attached hydrogens (tertiary/aromatic N) is 3. The second-order valence-corrected chi connectivity index (χ2v) is 7.27. The van der Waals surface area contributed by atoms with Crippen molar-refractivity contribution in [3.05, 3.63) is 96.5 Å². The maximum absolute atomic E-state index is 11.3. The van der Waals surface area contributed by atoms with Crippen LogP contribution in [0.2, 0.25) is 0 Å². The summed E-state index contributed by atoms with van der Waals surface area (Å²) >= 11 is 3.35. The lowest BCUT2D eigenvalue weighted by atomic mass is 10.0. The molecule has 3 aromatic rings. The fourth-order valence-corrected chi connectivity index (χ4v) is 3.07. The minimum absolute atomic E-state index is 0.170. The summed E-state index contributed by atoms with van der Waals surface area (Å²) in [6.07, 6.45) is 1.67. The Labute approximate surface area is 190 Å². The summed E-state index contributed by atoms with van der Waals surface area (Å²) in [6, 6.07) is 17.3. The predicted molar refractivity (Wildman–Crippen MR) is 120 cm³/mol. The van der Waals surface area contributed by atoms with Gasteiger partial charge in [0.05, 0.1) is 34.7 Å². The molecule has 0 atom stereocenters. The van der Waals surface area contributed by atoms with Crippen molar-refractivity contribution in [3.8, 4) is 23.3 Å². The van der Waals surface area contributed by atoms with Crippen molar-refractivity contribution in [2.24, 2.45) is 0 Å². The third-order valence-electron chi connectivity index (χ3n) is 4.34. The van der Waals surface area contributed by atoms with Crippen LogP contribution in [0.15, 0.2) is 65.1 Å². The average molecular weight is 496 g/mol. The Kier molecular flexibility index (Phi) is 6.82. The minimum atomic E-state index is -0.761. The molecule has 0 unspecified atom stereocenters. The fraction of sp³-hybridized carbons (Fsp3) is 0.0455. The van der Waals surface area contributed by atoms with Crippen molar-refractivity contribution in [2.45, 2.75) is 0 Å². The number of nitriles is 1. The van der Waals surface area contributed by atoms with Crippen LogP contribution < -0.4 is 9.47 Å². The standard InChI is InChI=1S/C22H14BrN3O6/c1-31-22-11-14(10-16(13-24)15-3-5-17(23)6-4-15)2-8-21(22)32-20-9-7-18(25(27)28)12-19(20)26(29)30/h2-12H,1H3/b16-10+. The highest BCUT2D eigenvalue weighted by Gasteiger charge is 2.22. The van der Waals surface area contributed by atoms with Gasteiger partial charge in [-0.15, -0.1) is 0 Å². The molecule has 32 heavy (non-hydrogen) atoms. The number of hydrogen-bond donors (Lipinski definition) is 0. The van der Waals surface area contributed by atoms with Gasteiger partial charge < -0.3 is 9.47 Å². The molecule has 3 rings (SSSR count). The van der Waals surface area contributed by atoms with E-state index < -0.39 is 21.2 Å². The monoisotopic (exact) mass is 495 g/mol. The van der Waals surface area contributed by atoms with Crippen molar-refractivity contribution >= 4 is 39.0 Å². The number of ether oxygens (including phenoxy) is 2. The molecule has 0 N–H and O–H groups in total. The molecule has 0 aliphatic heterocycles. The van der Waals surface area contributed by atoms with Crippen LogP contribution in [0.4, 0.5) is 11.4 Å². The van der Waals surface area contributed by atoms with Crippen LogP contribution in [0.3, 0.4) is 0 Å². The smallest absolute Gasteiger partial charge is 0.318 e. The van der Waals surface area contributed by atoms with Crippen molar-refractivity contribution < 1.29 is 19.3 Å². The number of allylic oxidation sites excluding steroid dienone is 1. The van der Waals surface area contributed by atoms with E-state index in [1.807, 2.05) is 24.3 Å². The Morgan fingerprint density at radius 3 is 2.25 bits per heavy atom. The van der Waals surface area contributed by atoms with Crippen LogP contribution >= 0.6 is 15.9 Å². The van der Waals surface area contributed by atoms with Gasteiger partial charge in [0.15, 0.2) is 11.5 Å². The molecular formula is C22H14BrN3O6. The number of hydrogen-bond acceptors (Lipinski definition) is 7. The molecule has 0 fully saturated rings. The summed E-state index contributed by atoms with van der Waals surface area (Å²) in [5.74, 6) is 0.262. The SMILES string of the molecule is COc1cc(/C=C(\C#N)c2ccc(Br)cc2)ccc1Oc1ccc([N+](=O)[O-])cc1[N+](=O)[O-]. The molecule has 3 aromatic carbocycles. The molecule has 0 aromatic heterocycles. The Morgan fingerprint density at radius 2 is 1.66 bits per heavy atom. The summed E-state index contributed by atoms with van der Waals surface area (Å²) in [7, 11) is 1.40. The number of methoxy groups -OCH3 is 1. The predicted octanol–water partition coefficient (Wildman–Crippen LogP) is 6.13. The largest absolute Gasteiger partial charge is 0.493 e. The summed E-state index contributed by atoms with van der Waals surface area (Å²) in [4.78, 5) is 20.8. The molecule has 0 aliphatic carbocycles. The van der Waals surface area contributed by atoms with Gasteiger partial charge in [-0.05, 0) is 47.5 Å². The quantitative estimate of drug-likeness (QED) is 0.167. The molecule has 0 spiro atoms. The second-order valence-electron chi connectivity index (χ2n) is 6.36.